The zero-order valence-electron chi connectivity index (χ0n) is 22.0. The summed E-state index contributed by atoms with van der Waals surface area (Å²) in [7, 11) is -4.37. The molecular weight excluding hydrogens is 540 g/mol. The van der Waals surface area contributed by atoms with Crippen molar-refractivity contribution in [2.45, 2.75) is 70.9 Å². The zero-order chi connectivity index (χ0) is 29.0. The standard InChI is InChI=1S/C24H31FN3O10P/c1-14(2)35-21(31)15(3)27-39(33,38-17-9-7-6-8-10-17)34-13-18-20(36-16(4)29)24(5,25)22(37-18)28-12-11-19(30)26-23(28)32/h6-12,14-15,18,20,22H,13H2,1-5H3,(H,27,33)(H,26,30,32)/t15-,18+,20?,22+,24?,39?/m0/s1. The van der Waals surface area contributed by atoms with Crippen molar-refractivity contribution >= 4 is 19.7 Å². The average molecular weight is 571 g/mol. The van der Waals surface area contributed by atoms with E-state index in [9.17, 15) is 23.7 Å². The van der Waals surface area contributed by atoms with E-state index in [1.54, 1.807) is 32.0 Å². The number of aromatic nitrogens is 2. The first-order valence-electron chi connectivity index (χ1n) is 12.0. The van der Waals surface area contributed by atoms with Gasteiger partial charge >= 0.3 is 25.4 Å². The largest absolute Gasteiger partial charge is 0.462 e. The van der Waals surface area contributed by atoms with Crippen molar-refractivity contribution in [3.63, 3.8) is 0 Å². The summed E-state index contributed by atoms with van der Waals surface area (Å²) in [5.74, 6) is -1.44. The van der Waals surface area contributed by atoms with Gasteiger partial charge in [0.25, 0.3) is 5.56 Å². The maximum absolute atomic E-state index is 16.0. The first kappa shape index (κ1) is 30.2. The summed E-state index contributed by atoms with van der Waals surface area (Å²) in [4.78, 5) is 50.0. The molecule has 0 bridgehead atoms. The second-order valence-corrected chi connectivity index (χ2v) is 11.0. The highest BCUT2D eigenvalue weighted by Crippen LogP contribution is 2.48. The van der Waals surface area contributed by atoms with Gasteiger partial charge in [-0.15, -0.1) is 0 Å². The fourth-order valence-electron chi connectivity index (χ4n) is 3.83. The van der Waals surface area contributed by atoms with E-state index >= 15 is 4.39 Å². The van der Waals surface area contributed by atoms with E-state index in [1.807, 2.05) is 4.98 Å². The van der Waals surface area contributed by atoms with E-state index in [0.717, 1.165) is 30.7 Å². The van der Waals surface area contributed by atoms with Crippen LogP contribution >= 0.6 is 7.75 Å². The number of benzene rings is 1. The lowest BCUT2D eigenvalue weighted by molar-refractivity contribution is -0.155. The topological polar surface area (TPSA) is 164 Å². The number of esters is 2. The van der Waals surface area contributed by atoms with Gasteiger partial charge in [-0.25, -0.2) is 13.8 Å². The van der Waals surface area contributed by atoms with Crippen LogP contribution in [0.15, 0.2) is 52.2 Å². The summed E-state index contributed by atoms with van der Waals surface area (Å²) in [5.41, 5.74) is -4.16. The lowest BCUT2D eigenvalue weighted by Crippen LogP contribution is -2.46. The van der Waals surface area contributed by atoms with Gasteiger partial charge in [-0.2, -0.15) is 5.09 Å². The van der Waals surface area contributed by atoms with Crippen LogP contribution in [-0.2, 0) is 32.9 Å². The highest BCUT2D eigenvalue weighted by Gasteiger charge is 2.58. The van der Waals surface area contributed by atoms with Crippen molar-refractivity contribution in [2.24, 2.45) is 0 Å². The smallest absolute Gasteiger partial charge is 0.459 e. The Kier molecular flexibility index (Phi) is 9.49. The molecule has 214 valence electrons. The molecule has 0 aliphatic carbocycles. The Labute approximate surface area is 223 Å². The molecule has 6 atom stereocenters. The van der Waals surface area contributed by atoms with Crippen molar-refractivity contribution in [2.75, 3.05) is 6.61 Å². The van der Waals surface area contributed by atoms with Crippen LogP contribution in [0.1, 0.15) is 40.8 Å². The number of ether oxygens (including phenoxy) is 3. The summed E-state index contributed by atoms with van der Waals surface area (Å²) >= 11 is 0. The second-order valence-electron chi connectivity index (χ2n) is 9.26. The number of nitrogens with one attached hydrogen (secondary N) is 2. The van der Waals surface area contributed by atoms with Crippen LogP contribution in [0, 0.1) is 0 Å². The predicted molar refractivity (Wildman–Crippen MR) is 135 cm³/mol. The van der Waals surface area contributed by atoms with Crippen molar-refractivity contribution < 1.29 is 41.8 Å². The summed E-state index contributed by atoms with van der Waals surface area (Å²) in [5, 5.41) is 2.49. The molecule has 0 amide bonds. The maximum atomic E-state index is 16.0. The predicted octanol–water partition coefficient (Wildman–Crippen LogP) is 2.23. The van der Waals surface area contributed by atoms with Crippen LogP contribution in [0.4, 0.5) is 4.39 Å². The summed E-state index contributed by atoms with van der Waals surface area (Å²) in [6, 6.07) is 7.79. The lowest BCUT2D eigenvalue weighted by atomic mass is 9.98. The van der Waals surface area contributed by atoms with Crippen molar-refractivity contribution in [3.8, 4) is 5.75 Å². The minimum Gasteiger partial charge on any atom is -0.462 e. The molecule has 13 nitrogen and oxygen atoms in total. The number of alkyl halides is 1. The fraction of sp³-hybridized carbons (Fsp3) is 0.500. The van der Waals surface area contributed by atoms with E-state index in [0.29, 0.717) is 0 Å². The number of nitrogens with zero attached hydrogens (tertiary/aromatic N) is 1. The van der Waals surface area contributed by atoms with E-state index in [4.69, 9.17) is 23.3 Å². The first-order valence-corrected chi connectivity index (χ1v) is 13.6. The van der Waals surface area contributed by atoms with Gasteiger partial charge in [0.2, 0.25) is 0 Å². The normalized spacial score (nSPS) is 25.1. The summed E-state index contributed by atoms with van der Waals surface area (Å²) < 4.78 is 57.7. The molecule has 1 aliphatic heterocycles. The highest BCUT2D eigenvalue weighted by molar-refractivity contribution is 7.52. The number of hydrogen-bond acceptors (Lipinski definition) is 10. The quantitative estimate of drug-likeness (QED) is 0.300. The minimum atomic E-state index is -4.37. The summed E-state index contributed by atoms with van der Waals surface area (Å²) in [6.07, 6.45) is -4.07. The van der Waals surface area contributed by atoms with Crippen molar-refractivity contribution in [3.05, 3.63) is 63.4 Å². The molecule has 1 aromatic carbocycles. The Morgan fingerprint density at radius 1 is 1.21 bits per heavy atom. The molecule has 3 unspecified atom stereocenters. The minimum absolute atomic E-state index is 0.134. The number of halogens is 1. The van der Waals surface area contributed by atoms with Gasteiger partial charge in [0, 0.05) is 19.2 Å². The number of para-hydroxylation sites is 1. The van der Waals surface area contributed by atoms with Crippen LogP contribution < -0.4 is 20.9 Å². The number of hydrogen-bond donors (Lipinski definition) is 2. The van der Waals surface area contributed by atoms with Gasteiger partial charge < -0.3 is 18.7 Å². The Balaban J connectivity index is 1.89. The third-order valence-electron chi connectivity index (χ3n) is 5.51. The molecule has 1 saturated heterocycles. The number of H-pyrrole nitrogens is 1. The van der Waals surface area contributed by atoms with Crippen LogP contribution in [0.25, 0.3) is 0 Å². The molecule has 39 heavy (non-hydrogen) atoms. The molecule has 2 aromatic rings. The van der Waals surface area contributed by atoms with Gasteiger partial charge in [0.05, 0.1) is 12.7 Å². The van der Waals surface area contributed by atoms with Crippen LogP contribution in [0.5, 0.6) is 5.75 Å². The Morgan fingerprint density at radius 3 is 2.46 bits per heavy atom. The van der Waals surface area contributed by atoms with E-state index in [2.05, 4.69) is 5.09 Å². The summed E-state index contributed by atoms with van der Waals surface area (Å²) in [6.45, 7) is 6.12. The Bertz CT molecular complexity index is 1330. The van der Waals surface area contributed by atoms with Gasteiger partial charge in [-0.05, 0) is 39.8 Å². The van der Waals surface area contributed by atoms with E-state index in [-0.39, 0.29) is 5.75 Å². The number of carbonyl (C=O) groups is 2. The molecule has 1 fully saturated rings. The Morgan fingerprint density at radius 2 is 1.87 bits per heavy atom. The van der Waals surface area contributed by atoms with Crippen LogP contribution in [0.2, 0.25) is 0 Å². The van der Waals surface area contributed by atoms with Gasteiger partial charge in [-0.1, -0.05) is 18.2 Å². The fourth-order valence-corrected chi connectivity index (χ4v) is 5.33. The average Bonchev–Trinajstić information content (AvgIpc) is 3.07. The SMILES string of the molecule is CC(=O)OC1[C@@H](COP(=O)(N[C@@H](C)C(=O)OC(C)C)Oc2ccccc2)O[C@@H](n2ccc(=O)[nH]c2=O)C1(C)F. The third-order valence-corrected chi connectivity index (χ3v) is 7.16. The van der Waals surface area contributed by atoms with Crippen molar-refractivity contribution in [1.29, 1.82) is 0 Å². The van der Waals surface area contributed by atoms with E-state index in [1.165, 1.54) is 19.1 Å². The zero-order valence-corrected chi connectivity index (χ0v) is 22.9. The maximum Gasteiger partial charge on any atom is 0.459 e. The highest BCUT2D eigenvalue weighted by atomic mass is 31.2. The first-order chi connectivity index (χ1) is 18.2. The molecule has 0 saturated carbocycles. The molecule has 15 heteroatoms. The van der Waals surface area contributed by atoms with E-state index < -0.39 is 73.8 Å². The van der Waals surface area contributed by atoms with Crippen LogP contribution in [-0.4, -0.2) is 58.1 Å². The molecule has 2 heterocycles. The Hall–Kier alpha value is -3.32. The molecule has 3 rings (SSSR count). The molecule has 1 aromatic heterocycles. The lowest BCUT2D eigenvalue weighted by Gasteiger charge is -2.28. The van der Waals surface area contributed by atoms with Crippen molar-refractivity contribution in [1.82, 2.24) is 14.6 Å². The second kappa shape index (κ2) is 12.2. The molecule has 1 aliphatic rings. The molecular formula is C24H31FN3O10P. The third kappa shape index (κ3) is 7.63. The van der Waals surface area contributed by atoms with Gasteiger partial charge in [0.1, 0.15) is 17.9 Å². The number of carbonyl (C=O) groups excluding carboxylic acids is 2. The van der Waals surface area contributed by atoms with Gasteiger partial charge in [0.15, 0.2) is 18.0 Å². The molecule has 0 radical (unpaired) electrons. The monoisotopic (exact) mass is 571 g/mol. The number of rotatable bonds is 11. The molecule has 0 spiro atoms. The number of aromatic amines is 1. The van der Waals surface area contributed by atoms with Crippen LogP contribution in [0.3, 0.4) is 0 Å². The van der Waals surface area contributed by atoms with Gasteiger partial charge in [-0.3, -0.25) is 28.5 Å². The molecule has 2 N–H and O–H groups in total.